The third-order valence-corrected chi connectivity index (χ3v) is 3.79. The summed E-state index contributed by atoms with van der Waals surface area (Å²) >= 11 is 0. The molecule has 0 spiro atoms. The Balaban J connectivity index is 1.59. The summed E-state index contributed by atoms with van der Waals surface area (Å²) < 4.78 is 0. The number of nitrogens with one attached hydrogen (secondary N) is 2. The summed E-state index contributed by atoms with van der Waals surface area (Å²) in [6.07, 6.45) is 3.45. The third kappa shape index (κ3) is 3.34. The highest BCUT2D eigenvalue weighted by Gasteiger charge is 2.19. The van der Waals surface area contributed by atoms with Crippen LogP contribution in [0.15, 0.2) is 36.4 Å². The monoisotopic (exact) mass is 284 g/mol. The van der Waals surface area contributed by atoms with Gasteiger partial charge in [-0.15, -0.1) is 0 Å². The fourth-order valence-electron chi connectivity index (χ4n) is 2.42. The number of carbonyl (C=O) groups is 1. The van der Waals surface area contributed by atoms with Crippen molar-refractivity contribution in [2.45, 2.75) is 25.3 Å². The first-order valence-corrected chi connectivity index (χ1v) is 7.48. The Bertz CT molecular complexity index is 650. The van der Waals surface area contributed by atoms with Crippen molar-refractivity contribution in [3.63, 3.8) is 0 Å². The van der Waals surface area contributed by atoms with Crippen molar-refractivity contribution in [2.24, 2.45) is 0 Å². The molecular formula is C17H20N2O2. The number of benzene rings is 2. The molecule has 0 bridgehead atoms. The van der Waals surface area contributed by atoms with Gasteiger partial charge in [-0.25, -0.2) is 0 Å². The topological polar surface area (TPSA) is 61.4 Å². The van der Waals surface area contributed by atoms with Gasteiger partial charge in [0.15, 0.2) is 0 Å². The zero-order chi connectivity index (χ0) is 14.7. The number of carbonyl (C=O) groups excluding carboxylic acids is 1. The lowest BCUT2D eigenvalue weighted by molar-refractivity contribution is 0.0951. The summed E-state index contributed by atoms with van der Waals surface area (Å²) in [6.45, 7) is 1.54. The van der Waals surface area contributed by atoms with Gasteiger partial charge in [0, 0.05) is 18.0 Å². The summed E-state index contributed by atoms with van der Waals surface area (Å²) in [4.78, 5) is 12.1. The van der Waals surface area contributed by atoms with Gasteiger partial charge in [0.05, 0.1) is 5.56 Å². The molecule has 1 aliphatic rings. The maximum absolute atomic E-state index is 12.1. The highest BCUT2D eigenvalue weighted by molar-refractivity contribution is 6.03. The van der Waals surface area contributed by atoms with Crippen LogP contribution in [-0.4, -0.2) is 30.1 Å². The predicted octanol–water partition coefficient (Wildman–Crippen LogP) is 2.42. The molecule has 3 rings (SSSR count). The standard InChI is InChI=1S/C17H20N2O2/c20-16-14-5-2-1-4-12(14)6-9-15(16)17(21)19-11-3-10-18-13-7-8-13/h1-2,4-6,9,13,18,20H,3,7-8,10-11H2,(H,19,21). The van der Waals surface area contributed by atoms with Gasteiger partial charge >= 0.3 is 0 Å². The fraction of sp³-hybridized carbons (Fsp3) is 0.353. The maximum atomic E-state index is 12.1. The van der Waals surface area contributed by atoms with Crippen LogP contribution in [-0.2, 0) is 0 Å². The Morgan fingerprint density at radius 3 is 2.76 bits per heavy atom. The van der Waals surface area contributed by atoms with E-state index in [0.29, 0.717) is 23.5 Å². The number of fused-ring (bicyclic) bond motifs is 1. The van der Waals surface area contributed by atoms with Gasteiger partial charge in [-0.05, 0) is 37.3 Å². The van der Waals surface area contributed by atoms with Gasteiger partial charge in [0.25, 0.3) is 5.91 Å². The Morgan fingerprint density at radius 2 is 1.95 bits per heavy atom. The third-order valence-electron chi connectivity index (χ3n) is 3.79. The molecule has 21 heavy (non-hydrogen) atoms. The summed E-state index contributed by atoms with van der Waals surface area (Å²) in [5.41, 5.74) is 0.337. The molecule has 3 N–H and O–H groups in total. The predicted molar refractivity (Wildman–Crippen MR) is 83.6 cm³/mol. The van der Waals surface area contributed by atoms with E-state index in [9.17, 15) is 9.90 Å². The van der Waals surface area contributed by atoms with Gasteiger partial charge in [-0.1, -0.05) is 30.3 Å². The molecule has 0 unspecified atom stereocenters. The molecule has 0 atom stereocenters. The first kappa shape index (κ1) is 13.9. The van der Waals surface area contributed by atoms with Crippen LogP contribution in [0.2, 0.25) is 0 Å². The van der Waals surface area contributed by atoms with Gasteiger partial charge < -0.3 is 15.7 Å². The van der Waals surface area contributed by atoms with E-state index < -0.39 is 0 Å². The summed E-state index contributed by atoms with van der Waals surface area (Å²) in [5, 5.41) is 18.1. The first-order chi connectivity index (χ1) is 10.3. The number of phenolic OH excluding ortho intramolecular Hbond substituents is 1. The molecule has 4 heteroatoms. The second-order valence-electron chi connectivity index (χ2n) is 5.52. The van der Waals surface area contributed by atoms with Crippen LogP contribution < -0.4 is 10.6 Å². The lowest BCUT2D eigenvalue weighted by atomic mass is 10.0. The smallest absolute Gasteiger partial charge is 0.255 e. The van der Waals surface area contributed by atoms with Crippen molar-refractivity contribution in [2.75, 3.05) is 13.1 Å². The number of rotatable bonds is 6. The molecule has 1 fully saturated rings. The zero-order valence-electron chi connectivity index (χ0n) is 11.9. The number of phenols is 1. The molecule has 0 saturated heterocycles. The largest absolute Gasteiger partial charge is 0.506 e. The highest BCUT2D eigenvalue weighted by Crippen LogP contribution is 2.28. The molecule has 1 aliphatic carbocycles. The molecule has 1 amide bonds. The fourth-order valence-corrected chi connectivity index (χ4v) is 2.42. The zero-order valence-corrected chi connectivity index (χ0v) is 11.9. The average molecular weight is 284 g/mol. The molecular weight excluding hydrogens is 264 g/mol. The van der Waals surface area contributed by atoms with Crippen LogP contribution in [0.5, 0.6) is 5.75 Å². The lowest BCUT2D eigenvalue weighted by Crippen LogP contribution is -2.28. The first-order valence-electron chi connectivity index (χ1n) is 7.48. The van der Waals surface area contributed by atoms with Crippen molar-refractivity contribution >= 4 is 16.7 Å². The lowest BCUT2D eigenvalue weighted by Gasteiger charge is -2.09. The van der Waals surface area contributed by atoms with E-state index in [1.54, 1.807) is 6.07 Å². The Morgan fingerprint density at radius 1 is 1.14 bits per heavy atom. The number of amides is 1. The number of aromatic hydroxyl groups is 1. The average Bonchev–Trinajstić information content (AvgIpc) is 3.31. The Hall–Kier alpha value is -2.07. The quantitative estimate of drug-likeness (QED) is 0.714. The molecule has 2 aromatic carbocycles. The Labute approximate surface area is 124 Å². The molecule has 0 radical (unpaired) electrons. The number of hydrogen-bond acceptors (Lipinski definition) is 3. The van der Waals surface area contributed by atoms with Crippen LogP contribution in [0.3, 0.4) is 0 Å². The van der Waals surface area contributed by atoms with Crippen molar-refractivity contribution < 1.29 is 9.90 Å². The van der Waals surface area contributed by atoms with Crippen molar-refractivity contribution in [3.05, 3.63) is 42.0 Å². The Kier molecular flexibility index (Phi) is 4.06. The molecule has 1 saturated carbocycles. The van der Waals surface area contributed by atoms with E-state index in [2.05, 4.69) is 10.6 Å². The summed E-state index contributed by atoms with van der Waals surface area (Å²) in [5.74, 6) is -0.161. The van der Waals surface area contributed by atoms with Gasteiger partial charge in [0.1, 0.15) is 5.75 Å². The minimum absolute atomic E-state index is 0.0571. The van der Waals surface area contributed by atoms with E-state index in [0.717, 1.165) is 18.4 Å². The molecule has 110 valence electrons. The second-order valence-corrected chi connectivity index (χ2v) is 5.52. The van der Waals surface area contributed by atoms with Crippen molar-refractivity contribution in [1.82, 2.24) is 10.6 Å². The minimum atomic E-state index is -0.218. The van der Waals surface area contributed by atoms with Crippen LogP contribution >= 0.6 is 0 Å². The van der Waals surface area contributed by atoms with E-state index in [1.165, 1.54) is 12.8 Å². The molecule has 4 nitrogen and oxygen atoms in total. The van der Waals surface area contributed by atoms with Gasteiger partial charge in [0.2, 0.25) is 0 Å². The van der Waals surface area contributed by atoms with Crippen LogP contribution in [0.25, 0.3) is 10.8 Å². The molecule has 0 aliphatic heterocycles. The van der Waals surface area contributed by atoms with Gasteiger partial charge in [-0.2, -0.15) is 0 Å². The summed E-state index contributed by atoms with van der Waals surface area (Å²) in [7, 11) is 0. The minimum Gasteiger partial charge on any atom is -0.506 e. The highest BCUT2D eigenvalue weighted by atomic mass is 16.3. The second kappa shape index (κ2) is 6.14. The molecule has 0 aromatic heterocycles. The van der Waals surface area contributed by atoms with Crippen molar-refractivity contribution in [1.29, 1.82) is 0 Å². The van der Waals surface area contributed by atoms with E-state index in [1.807, 2.05) is 30.3 Å². The van der Waals surface area contributed by atoms with E-state index in [4.69, 9.17) is 0 Å². The normalized spacial score (nSPS) is 14.3. The number of hydrogen-bond donors (Lipinski definition) is 3. The van der Waals surface area contributed by atoms with Crippen LogP contribution in [0.1, 0.15) is 29.6 Å². The van der Waals surface area contributed by atoms with Crippen LogP contribution in [0, 0.1) is 0 Å². The van der Waals surface area contributed by atoms with E-state index >= 15 is 0 Å². The molecule has 0 heterocycles. The van der Waals surface area contributed by atoms with Crippen molar-refractivity contribution in [3.8, 4) is 5.75 Å². The summed E-state index contributed by atoms with van der Waals surface area (Å²) in [6, 6.07) is 11.7. The SMILES string of the molecule is O=C(NCCCNC1CC1)c1ccc2ccccc2c1O. The van der Waals surface area contributed by atoms with E-state index in [-0.39, 0.29) is 11.7 Å². The van der Waals surface area contributed by atoms with Crippen LogP contribution in [0.4, 0.5) is 0 Å². The molecule has 2 aromatic rings. The maximum Gasteiger partial charge on any atom is 0.255 e. The van der Waals surface area contributed by atoms with Gasteiger partial charge in [-0.3, -0.25) is 4.79 Å².